The van der Waals surface area contributed by atoms with Gasteiger partial charge in [-0.2, -0.15) is 4.99 Å². The van der Waals surface area contributed by atoms with Crippen LogP contribution in [-0.4, -0.2) is 10.5 Å². The van der Waals surface area contributed by atoms with E-state index in [-0.39, 0.29) is 5.91 Å². The lowest BCUT2D eigenvalue weighted by Gasteiger charge is -2.06. The van der Waals surface area contributed by atoms with E-state index in [4.69, 9.17) is 23.2 Å². The Hall–Kier alpha value is -1.62. The number of halogens is 2. The van der Waals surface area contributed by atoms with Crippen LogP contribution in [0.4, 0.5) is 0 Å². The Labute approximate surface area is 166 Å². The number of aryl methyl sites for hydroxylation is 1. The Bertz CT molecular complexity index is 1030. The van der Waals surface area contributed by atoms with Crippen LogP contribution >= 0.6 is 34.5 Å². The first-order valence-corrected chi connectivity index (χ1v) is 10.1. The molecule has 6 heteroatoms. The van der Waals surface area contributed by atoms with Crippen molar-refractivity contribution in [3.63, 3.8) is 0 Å². The van der Waals surface area contributed by atoms with Crippen LogP contribution in [0.15, 0.2) is 41.4 Å². The number of carbonyl (C=O) groups excluding carboxylic acids is 1. The number of carbonyl (C=O) groups is 1. The van der Waals surface area contributed by atoms with E-state index in [1.165, 1.54) is 16.9 Å². The monoisotopic (exact) mass is 406 g/mol. The van der Waals surface area contributed by atoms with Gasteiger partial charge >= 0.3 is 0 Å². The van der Waals surface area contributed by atoms with Crippen molar-refractivity contribution in [3.8, 4) is 0 Å². The van der Waals surface area contributed by atoms with Crippen LogP contribution in [0.5, 0.6) is 0 Å². The van der Waals surface area contributed by atoms with Crippen molar-refractivity contribution in [3.05, 3.63) is 62.4 Å². The maximum atomic E-state index is 12.7. The summed E-state index contributed by atoms with van der Waals surface area (Å²) < 4.78 is 3.24. The summed E-state index contributed by atoms with van der Waals surface area (Å²) in [7, 11) is 0. The summed E-state index contributed by atoms with van der Waals surface area (Å²) in [6.45, 7) is 7.26. The molecule has 0 N–H and O–H groups in total. The molecule has 2 aromatic carbocycles. The minimum absolute atomic E-state index is 0.316. The third kappa shape index (κ3) is 3.88. The zero-order valence-electron chi connectivity index (χ0n) is 14.9. The molecule has 0 bridgehead atoms. The molecule has 26 heavy (non-hydrogen) atoms. The van der Waals surface area contributed by atoms with Crippen LogP contribution in [0, 0.1) is 0 Å². The van der Waals surface area contributed by atoms with Crippen LogP contribution in [-0.2, 0) is 6.54 Å². The van der Waals surface area contributed by atoms with Gasteiger partial charge in [0.25, 0.3) is 5.91 Å². The summed E-state index contributed by atoms with van der Waals surface area (Å²) >= 11 is 13.6. The average molecular weight is 407 g/mol. The van der Waals surface area contributed by atoms with Crippen molar-refractivity contribution in [1.82, 2.24) is 4.57 Å². The number of thiazole rings is 1. The van der Waals surface area contributed by atoms with E-state index >= 15 is 0 Å². The Balaban J connectivity index is 2.14. The SMILES string of the molecule is CCCn1c(=NC(=O)c2ccc(Cl)cc2Cl)sc2cc(C(C)C)ccc21. The van der Waals surface area contributed by atoms with Crippen LogP contribution in [0.2, 0.25) is 10.0 Å². The summed E-state index contributed by atoms with van der Waals surface area (Å²) in [5, 5.41) is 0.812. The molecule has 0 radical (unpaired) electrons. The fourth-order valence-electron chi connectivity index (χ4n) is 2.78. The smallest absolute Gasteiger partial charge is 0.281 e. The van der Waals surface area contributed by atoms with E-state index in [1.54, 1.807) is 18.2 Å². The molecule has 0 aliphatic rings. The molecule has 0 spiro atoms. The second-order valence-electron chi connectivity index (χ2n) is 6.46. The predicted molar refractivity (Wildman–Crippen MR) is 111 cm³/mol. The van der Waals surface area contributed by atoms with Crippen molar-refractivity contribution < 1.29 is 4.79 Å². The fraction of sp³-hybridized carbons (Fsp3) is 0.300. The highest BCUT2D eigenvalue weighted by molar-refractivity contribution is 7.16. The quantitative estimate of drug-likeness (QED) is 0.501. The number of hydrogen-bond acceptors (Lipinski definition) is 2. The highest BCUT2D eigenvalue weighted by Crippen LogP contribution is 2.25. The lowest BCUT2D eigenvalue weighted by Crippen LogP contribution is -2.17. The molecule has 1 heterocycles. The van der Waals surface area contributed by atoms with E-state index in [0.717, 1.165) is 23.2 Å². The van der Waals surface area contributed by atoms with E-state index in [9.17, 15) is 4.79 Å². The number of amides is 1. The maximum Gasteiger partial charge on any atom is 0.281 e. The largest absolute Gasteiger partial charge is 0.316 e. The molecule has 0 saturated heterocycles. The molecule has 0 aliphatic carbocycles. The van der Waals surface area contributed by atoms with Crippen LogP contribution < -0.4 is 4.80 Å². The van der Waals surface area contributed by atoms with Gasteiger partial charge in [-0.1, -0.05) is 61.4 Å². The predicted octanol–water partition coefficient (Wildman–Crippen LogP) is 6.28. The number of fused-ring (bicyclic) bond motifs is 1. The van der Waals surface area contributed by atoms with Gasteiger partial charge in [0.15, 0.2) is 4.80 Å². The van der Waals surface area contributed by atoms with Crippen molar-refractivity contribution in [2.45, 2.75) is 39.7 Å². The molecule has 0 fully saturated rings. The van der Waals surface area contributed by atoms with Crippen LogP contribution in [0.3, 0.4) is 0 Å². The van der Waals surface area contributed by atoms with Gasteiger partial charge in [-0.15, -0.1) is 0 Å². The first-order valence-electron chi connectivity index (χ1n) is 8.58. The summed E-state index contributed by atoms with van der Waals surface area (Å²) in [5.74, 6) is 0.100. The standard InChI is InChI=1S/C20H20Cl2N2OS/c1-4-9-24-17-8-5-13(12(2)3)10-18(17)26-20(24)23-19(25)15-7-6-14(21)11-16(15)22/h5-8,10-12H,4,9H2,1-3H3. The molecule has 1 aromatic heterocycles. The lowest BCUT2D eigenvalue weighted by atomic mass is 10.0. The first-order chi connectivity index (χ1) is 12.4. The lowest BCUT2D eigenvalue weighted by molar-refractivity contribution is 0.0998. The van der Waals surface area contributed by atoms with Crippen LogP contribution in [0.1, 0.15) is 49.0 Å². The highest BCUT2D eigenvalue weighted by Gasteiger charge is 2.13. The van der Waals surface area contributed by atoms with Gasteiger partial charge in [0.1, 0.15) is 0 Å². The summed E-state index contributed by atoms with van der Waals surface area (Å²) in [5.41, 5.74) is 2.75. The summed E-state index contributed by atoms with van der Waals surface area (Å²) in [4.78, 5) is 17.7. The normalized spacial score (nSPS) is 12.3. The third-order valence-corrected chi connectivity index (χ3v) is 5.77. The molecule has 3 rings (SSSR count). The fourth-order valence-corrected chi connectivity index (χ4v) is 4.38. The van der Waals surface area contributed by atoms with Gasteiger partial charge in [0.2, 0.25) is 0 Å². The summed E-state index contributed by atoms with van der Waals surface area (Å²) in [6.07, 6.45) is 0.959. The van der Waals surface area contributed by atoms with Crippen molar-refractivity contribution in [2.75, 3.05) is 0 Å². The van der Waals surface area contributed by atoms with Crippen molar-refractivity contribution >= 4 is 50.7 Å². The molecule has 1 amide bonds. The van der Waals surface area contributed by atoms with Gasteiger partial charge in [0.05, 0.1) is 20.8 Å². The van der Waals surface area contributed by atoms with Crippen molar-refractivity contribution in [1.29, 1.82) is 0 Å². The summed E-state index contributed by atoms with van der Waals surface area (Å²) in [6, 6.07) is 11.3. The molecule has 136 valence electrons. The minimum Gasteiger partial charge on any atom is -0.316 e. The second-order valence-corrected chi connectivity index (χ2v) is 8.31. The van der Waals surface area contributed by atoms with Crippen LogP contribution in [0.25, 0.3) is 10.2 Å². The number of hydrogen-bond donors (Lipinski definition) is 0. The Morgan fingerprint density at radius 2 is 1.96 bits per heavy atom. The molecule has 0 saturated carbocycles. The molecule has 0 atom stereocenters. The van der Waals surface area contributed by atoms with Gasteiger partial charge in [-0.05, 0) is 48.2 Å². The molecular weight excluding hydrogens is 387 g/mol. The van der Waals surface area contributed by atoms with E-state index < -0.39 is 0 Å². The molecule has 0 aliphatic heterocycles. The first kappa shape index (κ1) is 19.2. The Kier molecular flexibility index (Phi) is 5.86. The molecule has 3 aromatic rings. The molecule has 3 nitrogen and oxygen atoms in total. The second kappa shape index (κ2) is 7.95. The van der Waals surface area contributed by atoms with E-state index in [2.05, 4.69) is 48.5 Å². The molecular formula is C20H20Cl2N2OS. The van der Waals surface area contributed by atoms with Gasteiger partial charge < -0.3 is 4.57 Å². The average Bonchev–Trinajstić information content (AvgIpc) is 2.91. The zero-order valence-corrected chi connectivity index (χ0v) is 17.3. The number of rotatable bonds is 4. The number of aromatic nitrogens is 1. The van der Waals surface area contributed by atoms with E-state index in [1.807, 2.05) is 0 Å². The minimum atomic E-state index is -0.354. The zero-order chi connectivity index (χ0) is 18.8. The number of benzene rings is 2. The van der Waals surface area contributed by atoms with Gasteiger partial charge in [-0.3, -0.25) is 4.79 Å². The topological polar surface area (TPSA) is 34.4 Å². The maximum absolute atomic E-state index is 12.7. The molecule has 0 unspecified atom stereocenters. The van der Waals surface area contributed by atoms with Gasteiger partial charge in [-0.25, -0.2) is 0 Å². The Morgan fingerprint density at radius 1 is 1.19 bits per heavy atom. The third-order valence-electron chi connectivity index (χ3n) is 4.18. The van der Waals surface area contributed by atoms with E-state index in [0.29, 0.717) is 26.3 Å². The van der Waals surface area contributed by atoms with Gasteiger partial charge in [0, 0.05) is 11.6 Å². The highest BCUT2D eigenvalue weighted by atomic mass is 35.5. The van der Waals surface area contributed by atoms with Crippen molar-refractivity contribution in [2.24, 2.45) is 4.99 Å². The Morgan fingerprint density at radius 3 is 2.62 bits per heavy atom. The number of nitrogens with zero attached hydrogens (tertiary/aromatic N) is 2.